The Morgan fingerprint density at radius 3 is 2.36 bits per heavy atom. The normalized spacial score (nSPS) is 21.1. The minimum Gasteiger partial charge on any atom is -0.393 e. The first kappa shape index (κ1) is 9.40. The zero-order valence-electron chi connectivity index (χ0n) is 7.20. The molecule has 0 aromatic heterocycles. The molecule has 0 spiro atoms. The highest BCUT2D eigenvalue weighted by atomic mass is 79.9. The maximum Gasteiger partial charge on any atom is 0.321 e. The maximum atomic E-state index is 11.2. The largest absolute Gasteiger partial charge is 0.393 e. The summed E-state index contributed by atoms with van der Waals surface area (Å²) in [5.74, 6) is -1.31. The zero-order chi connectivity index (χ0) is 10.1. The second kappa shape index (κ2) is 3.53. The molecule has 3 nitrogen and oxygen atoms in total. The predicted octanol–water partition coefficient (Wildman–Crippen LogP) is 2.01. The van der Waals surface area contributed by atoms with E-state index in [2.05, 4.69) is 20.7 Å². The third-order valence-corrected chi connectivity index (χ3v) is 2.67. The molecule has 0 N–H and O–H groups in total. The van der Waals surface area contributed by atoms with Gasteiger partial charge in [0.15, 0.2) is 0 Å². The highest BCUT2D eigenvalue weighted by molar-refractivity contribution is 9.10. The number of cyclic esters (lactones) is 2. The van der Waals surface area contributed by atoms with E-state index in [0.29, 0.717) is 0 Å². The van der Waals surface area contributed by atoms with Gasteiger partial charge in [0.1, 0.15) is 0 Å². The minimum atomic E-state index is -0.447. The van der Waals surface area contributed by atoms with Crippen LogP contribution in [-0.2, 0) is 14.3 Å². The molecule has 2 rings (SSSR count). The fourth-order valence-corrected chi connectivity index (χ4v) is 1.69. The van der Waals surface area contributed by atoms with E-state index in [1.807, 2.05) is 24.3 Å². The van der Waals surface area contributed by atoms with Crippen molar-refractivity contribution in [2.45, 2.75) is 12.3 Å². The molecule has 1 saturated heterocycles. The molecule has 0 bridgehead atoms. The average molecular weight is 255 g/mol. The lowest BCUT2D eigenvalue weighted by atomic mass is 9.98. The van der Waals surface area contributed by atoms with Gasteiger partial charge in [0.25, 0.3) is 0 Å². The summed E-state index contributed by atoms with van der Waals surface area (Å²) in [6.45, 7) is 0. The van der Waals surface area contributed by atoms with Gasteiger partial charge >= 0.3 is 11.9 Å². The third-order valence-electron chi connectivity index (χ3n) is 2.14. The van der Waals surface area contributed by atoms with Crippen LogP contribution >= 0.6 is 15.9 Å². The molecular formula is C10H7BrO3. The maximum absolute atomic E-state index is 11.2. The smallest absolute Gasteiger partial charge is 0.321 e. The molecule has 1 atom stereocenters. The fraction of sp³-hybridized carbons (Fsp3) is 0.200. The molecule has 72 valence electrons. The molecule has 1 aliphatic heterocycles. The highest BCUT2D eigenvalue weighted by Gasteiger charge is 2.34. The summed E-state index contributed by atoms with van der Waals surface area (Å²) in [6.07, 6.45) is 0.153. The van der Waals surface area contributed by atoms with Crippen LogP contribution < -0.4 is 0 Å². The first-order valence-corrected chi connectivity index (χ1v) is 4.96. The Bertz CT molecular complexity index is 383. The van der Waals surface area contributed by atoms with Gasteiger partial charge in [0, 0.05) is 4.47 Å². The van der Waals surface area contributed by atoms with Crippen molar-refractivity contribution in [3.8, 4) is 0 Å². The molecule has 0 radical (unpaired) electrons. The number of ether oxygens (including phenoxy) is 1. The molecule has 0 amide bonds. The lowest BCUT2D eigenvalue weighted by Crippen LogP contribution is -2.05. The van der Waals surface area contributed by atoms with Gasteiger partial charge < -0.3 is 4.74 Å². The number of hydrogen-bond donors (Lipinski definition) is 0. The number of halogens is 1. The first-order chi connectivity index (χ1) is 6.66. The molecule has 1 aromatic rings. The molecule has 14 heavy (non-hydrogen) atoms. The Morgan fingerprint density at radius 1 is 1.21 bits per heavy atom. The Balaban J connectivity index is 2.27. The fourth-order valence-electron chi connectivity index (χ4n) is 1.42. The van der Waals surface area contributed by atoms with Crippen LogP contribution in [0.3, 0.4) is 0 Å². The standard InChI is InChI=1S/C10H7BrO3/c11-7-3-1-6(2-4-7)8-5-9(12)14-10(8)13/h1-4,8H,5H2/t8-/m1/s1. The van der Waals surface area contributed by atoms with Crippen molar-refractivity contribution in [2.24, 2.45) is 0 Å². The SMILES string of the molecule is O=C1C[C@H](c2ccc(Br)cc2)C(=O)O1. The lowest BCUT2D eigenvalue weighted by Gasteiger charge is -2.03. The van der Waals surface area contributed by atoms with Gasteiger partial charge in [-0.15, -0.1) is 0 Å². The molecule has 1 aromatic carbocycles. The van der Waals surface area contributed by atoms with E-state index in [-0.39, 0.29) is 6.42 Å². The summed E-state index contributed by atoms with van der Waals surface area (Å²) in [5.41, 5.74) is 0.823. The Morgan fingerprint density at radius 2 is 1.86 bits per heavy atom. The van der Waals surface area contributed by atoms with E-state index in [1.54, 1.807) is 0 Å². The highest BCUT2D eigenvalue weighted by Crippen LogP contribution is 2.28. The van der Waals surface area contributed by atoms with Gasteiger partial charge in [0.05, 0.1) is 12.3 Å². The number of hydrogen-bond acceptors (Lipinski definition) is 3. The quantitative estimate of drug-likeness (QED) is 0.569. The topological polar surface area (TPSA) is 43.4 Å². The van der Waals surface area contributed by atoms with Crippen LogP contribution in [0, 0.1) is 0 Å². The first-order valence-electron chi connectivity index (χ1n) is 4.17. The molecular weight excluding hydrogens is 248 g/mol. The Hall–Kier alpha value is -1.16. The summed E-state index contributed by atoms with van der Waals surface area (Å²) in [5, 5.41) is 0. The molecule has 0 unspecified atom stereocenters. The molecule has 1 fully saturated rings. The molecule has 1 heterocycles. The van der Waals surface area contributed by atoms with Gasteiger partial charge in [-0.3, -0.25) is 9.59 Å². The minimum absolute atomic E-state index is 0.153. The molecule has 0 saturated carbocycles. The van der Waals surface area contributed by atoms with Crippen LogP contribution in [0.4, 0.5) is 0 Å². The second-order valence-electron chi connectivity index (χ2n) is 3.10. The van der Waals surface area contributed by atoms with Crippen molar-refractivity contribution in [1.82, 2.24) is 0 Å². The van der Waals surface area contributed by atoms with E-state index < -0.39 is 17.9 Å². The summed E-state index contributed by atoms with van der Waals surface area (Å²) in [6, 6.07) is 7.31. The van der Waals surface area contributed by atoms with Gasteiger partial charge in [-0.1, -0.05) is 28.1 Å². The van der Waals surface area contributed by atoms with E-state index in [1.165, 1.54) is 0 Å². The van der Waals surface area contributed by atoms with Crippen LogP contribution in [-0.4, -0.2) is 11.9 Å². The summed E-state index contributed by atoms with van der Waals surface area (Å²) in [7, 11) is 0. The van der Waals surface area contributed by atoms with E-state index in [4.69, 9.17) is 0 Å². The predicted molar refractivity (Wildman–Crippen MR) is 52.6 cm³/mol. The van der Waals surface area contributed by atoms with E-state index in [9.17, 15) is 9.59 Å². The summed E-state index contributed by atoms with van der Waals surface area (Å²) >= 11 is 3.30. The lowest BCUT2D eigenvalue weighted by molar-refractivity contribution is -0.152. The Kier molecular flexibility index (Phi) is 2.37. The van der Waals surface area contributed by atoms with Crippen LogP contribution in [0.15, 0.2) is 28.7 Å². The van der Waals surface area contributed by atoms with Crippen molar-refractivity contribution in [1.29, 1.82) is 0 Å². The van der Waals surface area contributed by atoms with E-state index in [0.717, 1.165) is 10.0 Å². The van der Waals surface area contributed by atoms with Crippen molar-refractivity contribution in [3.63, 3.8) is 0 Å². The zero-order valence-corrected chi connectivity index (χ0v) is 8.78. The van der Waals surface area contributed by atoms with Crippen molar-refractivity contribution >= 4 is 27.9 Å². The third kappa shape index (κ3) is 1.70. The Labute approximate surface area is 89.2 Å². The molecule has 0 aliphatic carbocycles. The number of esters is 2. The van der Waals surface area contributed by atoms with Crippen molar-refractivity contribution in [3.05, 3.63) is 34.3 Å². The van der Waals surface area contributed by atoms with Crippen molar-refractivity contribution < 1.29 is 14.3 Å². The van der Waals surface area contributed by atoms with Gasteiger partial charge in [-0.25, -0.2) is 0 Å². The molecule has 4 heteroatoms. The van der Waals surface area contributed by atoms with Crippen LogP contribution in [0.1, 0.15) is 17.9 Å². The van der Waals surface area contributed by atoms with Gasteiger partial charge in [0.2, 0.25) is 0 Å². The average Bonchev–Trinajstić information content (AvgIpc) is 2.47. The number of carbonyl (C=O) groups is 2. The number of rotatable bonds is 1. The number of benzene rings is 1. The van der Waals surface area contributed by atoms with Crippen LogP contribution in [0.2, 0.25) is 0 Å². The number of carbonyl (C=O) groups excluding carboxylic acids is 2. The molecule has 1 aliphatic rings. The van der Waals surface area contributed by atoms with Crippen LogP contribution in [0.25, 0.3) is 0 Å². The van der Waals surface area contributed by atoms with E-state index >= 15 is 0 Å². The monoisotopic (exact) mass is 254 g/mol. The second-order valence-corrected chi connectivity index (χ2v) is 4.02. The van der Waals surface area contributed by atoms with Crippen molar-refractivity contribution in [2.75, 3.05) is 0 Å². The van der Waals surface area contributed by atoms with Gasteiger partial charge in [-0.05, 0) is 17.7 Å². The summed E-state index contributed by atoms with van der Waals surface area (Å²) in [4.78, 5) is 22.1. The van der Waals surface area contributed by atoms with Crippen LogP contribution in [0.5, 0.6) is 0 Å². The van der Waals surface area contributed by atoms with Gasteiger partial charge in [-0.2, -0.15) is 0 Å². The summed E-state index contributed by atoms with van der Waals surface area (Å²) < 4.78 is 5.41.